The van der Waals surface area contributed by atoms with Crippen molar-refractivity contribution in [2.24, 2.45) is 7.05 Å². The molecule has 0 aliphatic heterocycles. The summed E-state index contributed by atoms with van der Waals surface area (Å²) in [6, 6.07) is 2.78. The zero-order chi connectivity index (χ0) is 5.98. The van der Waals surface area contributed by atoms with Crippen molar-refractivity contribution in [3.8, 4) is 5.88 Å². The summed E-state index contributed by atoms with van der Waals surface area (Å²) in [5.41, 5.74) is 0. The predicted molar refractivity (Wildman–Crippen MR) is 28.6 cm³/mol. The van der Waals surface area contributed by atoms with Gasteiger partial charge in [-0.2, -0.15) is 11.3 Å². The first-order chi connectivity index (χ1) is 3.83. The van der Waals surface area contributed by atoms with Gasteiger partial charge in [-0.25, -0.2) is 0 Å². The molecule has 0 fully saturated rings. The van der Waals surface area contributed by atoms with Crippen LogP contribution in [-0.4, -0.2) is 16.9 Å². The summed E-state index contributed by atoms with van der Waals surface area (Å²) in [5.74, 6) is 0.535. The fourth-order valence-electron chi connectivity index (χ4n) is 0.449. The molecule has 1 rings (SSSR count). The molecule has 44 valence electrons. The van der Waals surface area contributed by atoms with E-state index in [9.17, 15) is 0 Å². The fraction of sp³-hybridized carbons (Fsp3) is 0.400. The third-order valence-corrected chi connectivity index (χ3v) is 0.817. The Labute approximate surface area is 96.8 Å². The summed E-state index contributed by atoms with van der Waals surface area (Å²) in [5, 5.41) is 3.87. The molecular formula is C5H7KN2O. The van der Waals surface area contributed by atoms with E-state index in [0.29, 0.717) is 5.88 Å². The van der Waals surface area contributed by atoms with E-state index in [1.54, 1.807) is 18.0 Å². The van der Waals surface area contributed by atoms with Crippen molar-refractivity contribution in [2.75, 3.05) is 7.11 Å². The van der Waals surface area contributed by atoms with Crippen LogP contribution in [0.1, 0.15) is 0 Å². The van der Waals surface area contributed by atoms with Crippen molar-refractivity contribution in [1.29, 1.82) is 0 Å². The minimum absolute atomic E-state index is 0. The third-order valence-electron chi connectivity index (χ3n) is 0.817. The van der Waals surface area contributed by atoms with Gasteiger partial charge in [-0.05, 0) is 0 Å². The zero-order valence-electron chi connectivity index (χ0n) is 5.88. The van der Waals surface area contributed by atoms with Crippen LogP contribution in [0.15, 0.2) is 6.20 Å². The van der Waals surface area contributed by atoms with Gasteiger partial charge in [-0.1, -0.05) is 0 Å². The molecule has 0 N–H and O–H groups in total. The van der Waals surface area contributed by atoms with Crippen LogP contribution >= 0.6 is 0 Å². The number of hydrogen-bond donors (Lipinski definition) is 0. The largest absolute Gasteiger partial charge is 1.00 e. The molecule has 0 saturated heterocycles. The maximum atomic E-state index is 4.75. The second-order valence-electron chi connectivity index (χ2n) is 1.46. The van der Waals surface area contributed by atoms with Gasteiger partial charge < -0.3 is 15.5 Å². The molecule has 1 heterocycles. The number of nitrogens with zero attached hydrogens (tertiary/aromatic N) is 2. The Bertz CT molecular complexity index is 175. The van der Waals surface area contributed by atoms with Crippen molar-refractivity contribution in [3.63, 3.8) is 0 Å². The van der Waals surface area contributed by atoms with Crippen LogP contribution in [0.5, 0.6) is 5.88 Å². The average molecular weight is 150 g/mol. The Morgan fingerprint density at radius 2 is 2.44 bits per heavy atom. The van der Waals surface area contributed by atoms with Gasteiger partial charge in [-0.3, -0.25) is 0 Å². The summed E-state index contributed by atoms with van der Waals surface area (Å²) < 4.78 is 6.39. The van der Waals surface area contributed by atoms with E-state index in [4.69, 9.17) is 4.74 Å². The molecular weight excluding hydrogens is 143 g/mol. The number of rotatable bonds is 1. The molecule has 0 bridgehead atoms. The van der Waals surface area contributed by atoms with E-state index in [-0.39, 0.29) is 51.4 Å². The topological polar surface area (TPSA) is 27.1 Å². The van der Waals surface area contributed by atoms with Crippen molar-refractivity contribution < 1.29 is 56.1 Å². The van der Waals surface area contributed by atoms with Gasteiger partial charge in [0.05, 0.1) is 13.0 Å². The van der Waals surface area contributed by atoms with Crippen molar-refractivity contribution in [2.45, 2.75) is 0 Å². The van der Waals surface area contributed by atoms with Gasteiger partial charge in [0.2, 0.25) is 0 Å². The van der Waals surface area contributed by atoms with Gasteiger partial charge in [0, 0.05) is 7.05 Å². The first kappa shape index (κ1) is 9.65. The van der Waals surface area contributed by atoms with Crippen molar-refractivity contribution in [1.82, 2.24) is 9.78 Å². The normalized spacial score (nSPS) is 8.22. The van der Waals surface area contributed by atoms with Crippen LogP contribution < -0.4 is 56.1 Å². The molecule has 0 radical (unpaired) electrons. The number of ether oxygens (including phenoxy) is 1. The summed E-state index contributed by atoms with van der Waals surface area (Å²) in [7, 11) is 3.39. The Morgan fingerprint density at radius 1 is 1.78 bits per heavy atom. The SMILES string of the molecule is COc1[c-]cn(C)n1.[K+]. The molecule has 4 heteroatoms. The van der Waals surface area contributed by atoms with Crippen LogP contribution in [0.4, 0.5) is 0 Å². The van der Waals surface area contributed by atoms with Crippen LogP contribution in [0.3, 0.4) is 0 Å². The minimum Gasteiger partial charge on any atom is -0.513 e. The second kappa shape index (κ2) is 4.46. The Balaban J connectivity index is 0.000000640. The molecule has 0 unspecified atom stereocenters. The molecule has 0 spiro atoms. The number of hydrogen-bond acceptors (Lipinski definition) is 2. The summed E-state index contributed by atoms with van der Waals surface area (Å²) in [4.78, 5) is 0. The summed E-state index contributed by atoms with van der Waals surface area (Å²) >= 11 is 0. The average Bonchev–Trinajstić information content (AvgIpc) is 2.14. The molecule has 0 aliphatic rings. The first-order valence-corrected chi connectivity index (χ1v) is 2.28. The van der Waals surface area contributed by atoms with Gasteiger partial charge in [0.25, 0.3) is 0 Å². The molecule has 9 heavy (non-hydrogen) atoms. The molecule has 0 aromatic carbocycles. The quantitative estimate of drug-likeness (QED) is 0.320. The van der Waals surface area contributed by atoms with Crippen molar-refractivity contribution >= 4 is 0 Å². The molecule has 1 aromatic heterocycles. The van der Waals surface area contributed by atoms with E-state index < -0.39 is 0 Å². The minimum atomic E-state index is 0. The fourth-order valence-corrected chi connectivity index (χ4v) is 0.449. The predicted octanol–water partition coefficient (Wildman–Crippen LogP) is -2.77. The van der Waals surface area contributed by atoms with E-state index in [2.05, 4.69) is 11.2 Å². The zero-order valence-corrected chi connectivity index (χ0v) is 9.00. The van der Waals surface area contributed by atoms with Crippen LogP contribution in [-0.2, 0) is 7.05 Å². The summed E-state index contributed by atoms with van der Waals surface area (Å²) in [6.07, 6.45) is 1.71. The number of methoxy groups -OCH3 is 1. The van der Waals surface area contributed by atoms with Gasteiger partial charge in [0.15, 0.2) is 0 Å². The third kappa shape index (κ3) is 2.82. The molecule has 0 aliphatic carbocycles. The van der Waals surface area contributed by atoms with Crippen molar-refractivity contribution in [3.05, 3.63) is 12.3 Å². The first-order valence-electron chi connectivity index (χ1n) is 2.28. The monoisotopic (exact) mass is 150 g/mol. The van der Waals surface area contributed by atoms with Gasteiger partial charge >= 0.3 is 51.4 Å². The maximum absolute atomic E-state index is 4.75. The summed E-state index contributed by atoms with van der Waals surface area (Å²) in [6.45, 7) is 0. The molecule has 3 nitrogen and oxygen atoms in total. The van der Waals surface area contributed by atoms with E-state index in [0.717, 1.165) is 0 Å². The molecule has 0 atom stereocenters. The Morgan fingerprint density at radius 3 is 2.67 bits per heavy atom. The van der Waals surface area contributed by atoms with E-state index in [1.807, 2.05) is 7.05 Å². The van der Waals surface area contributed by atoms with Gasteiger partial charge in [-0.15, -0.1) is 0 Å². The van der Waals surface area contributed by atoms with Crippen LogP contribution in [0, 0.1) is 6.07 Å². The smallest absolute Gasteiger partial charge is 0.513 e. The Kier molecular flexibility index (Phi) is 4.78. The van der Waals surface area contributed by atoms with E-state index >= 15 is 0 Å². The molecule has 1 aromatic rings. The molecule has 0 saturated carbocycles. The standard InChI is InChI=1S/C5H7N2O.K/c1-7-4-3-5(6-7)8-2;/h4H,1-2H3;/q-1;+1. The van der Waals surface area contributed by atoms with E-state index in [1.165, 1.54) is 0 Å². The maximum Gasteiger partial charge on any atom is 1.00 e. The van der Waals surface area contributed by atoms with Crippen LogP contribution in [0.25, 0.3) is 0 Å². The number of aromatic nitrogens is 2. The number of aryl methyl sites for hydroxylation is 1. The Hall–Kier alpha value is 0.646. The van der Waals surface area contributed by atoms with Crippen LogP contribution in [0.2, 0.25) is 0 Å². The second-order valence-corrected chi connectivity index (χ2v) is 1.46. The van der Waals surface area contributed by atoms with Gasteiger partial charge in [0.1, 0.15) is 0 Å². The molecule has 0 amide bonds.